The van der Waals surface area contributed by atoms with Gasteiger partial charge < -0.3 is 9.15 Å². The van der Waals surface area contributed by atoms with Crippen LogP contribution in [0.15, 0.2) is 70.2 Å². The van der Waals surface area contributed by atoms with Gasteiger partial charge in [-0.05, 0) is 29.8 Å². The lowest BCUT2D eigenvalue weighted by molar-refractivity contribution is -0.139. The normalized spacial score (nSPS) is 15.2. The number of esters is 1. The molecule has 24 heavy (non-hydrogen) atoms. The Morgan fingerprint density at radius 2 is 2.21 bits per heavy atom. The zero-order valence-electron chi connectivity index (χ0n) is 13.2. The standard InChI is InChI=1S/C18H17N3O3/c1-23-18(22)10-14-4-2-3-5-16(14)21-20-15-8-6-13(7-9-15)17-11-19-12-24-17/h2-4,6-9,11-12,20H,5,10H2,1H3. The molecular weight excluding hydrogens is 306 g/mol. The lowest BCUT2D eigenvalue weighted by Crippen LogP contribution is -2.12. The van der Waals surface area contributed by atoms with Crippen LogP contribution in [-0.4, -0.2) is 23.8 Å². The number of nitrogens with zero attached hydrogens (tertiary/aromatic N) is 2. The van der Waals surface area contributed by atoms with Crippen LogP contribution >= 0.6 is 0 Å². The van der Waals surface area contributed by atoms with Gasteiger partial charge in [0.25, 0.3) is 0 Å². The molecule has 0 fully saturated rings. The van der Waals surface area contributed by atoms with Crippen molar-refractivity contribution in [1.82, 2.24) is 4.98 Å². The van der Waals surface area contributed by atoms with Gasteiger partial charge in [-0.25, -0.2) is 4.98 Å². The molecule has 0 amide bonds. The number of nitrogens with one attached hydrogen (secondary N) is 1. The summed E-state index contributed by atoms with van der Waals surface area (Å²) < 4.78 is 9.98. The Kier molecular flexibility index (Phi) is 4.86. The Hall–Kier alpha value is -3.15. The first-order valence-electron chi connectivity index (χ1n) is 7.50. The first-order valence-corrected chi connectivity index (χ1v) is 7.50. The molecule has 0 aliphatic heterocycles. The molecule has 6 heteroatoms. The highest BCUT2D eigenvalue weighted by molar-refractivity contribution is 6.05. The summed E-state index contributed by atoms with van der Waals surface area (Å²) >= 11 is 0. The Labute approximate surface area is 139 Å². The number of aromatic nitrogens is 1. The third-order valence-electron chi connectivity index (χ3n) is 3.60. The van der Waals surface area contributed by atoms with Crippen molar-refractivity contribution in [2.45, 2.75) is 12.8 Å². The molecule has 0 spiro atoms. The van der Waals surface area contributed by atoms with Crippen LogP contribution in [0.1, 0.15) is 12.8 Å². The highest BCUT2D eigenvalue weighted by Crippen LogP contribution is 2.21. The first kappa shape index (κ1) is 15.7. The summed E-state index contributed by atoms with van der Waals surface area (Å²) in [4.78, 5) is 15.4. The van der Waals surface area contributed by atoms with Crippen molar-refractivity contribution in [2.24, 2.45) is 5.10 Å². The number of hydrogen-bond donors (Lipinski definition) is 1. The minimum Gasteiger partial charge on any atom is -0.469 e. The average molecular weight is 323 g/mol. The van der Waals surface area contributed by atoms with Crippen molar-refractivity contribution in [3.8, 4) is 11.3 Å². The predicted molar refractivity (Wildman–Crippen MR) is 91.5 cm³/mol. The molecule has 6 nitrogen and oxygen atoms in total. The molecule has 1 aliphatic carbocycles. The molecule has 1 aromatic heterocycles. The Morgan fingerprint density at radius 1 is 1.38 bits per heavy atom. The SMILES string of the molecule is COC(=O)CC1=CC=CCC1=NNc1ccc(-c2cnco2)cc1. The second-order valence-electron chi connectivity index (χ2n) is 5.19. The van der Waals surface area contributed by atoms with Gasteiger partial charge in [-0.1, -0.05) is 18.2 Å². The largest absolute Gasteiger partial charge is 0.469 e. The minimum atomic E-state index is -0.277. The van der Waals surface area contributed by atoms with Crippen molar-refractivity contribution in [3.63, 3.8) is 0 Å². The number of anilines is 1. The van der Waals surface area contributed by atoms with Gasteiger partial charge in [0.15, 0.2) is 12.2 Å². The first-order chi connectivity index (χ1) is 11.8. The van der Waals surface area contributed by atoms with Crippen molar-refractivity contribution < 1.29 is 13.9 Å². The molecule has 0 unspecified atom stereocenters. The van der Waals surface area contributed by atoms with Gasteiger partial charge >= 0.3 is 5.97 Å². The lowest BCUT2D eigenvalue weighted by Gasteiger charge is -2.12. The smallest absolute Gasteiger partial charge is 0.310 e. The van der Waals surface area contributed by atoms with E-state index in [2.05, 4.69) is 15.5 Å². The number of rotatable bonds is 5. The third kappa shape index (κ3) is 3.78. The molecule has 3 rings (SSSR count). The van der Waals surface area contributed by atoms with Gasteiger partial charge in [-0.15, -0.1) is 0 Å². The van der Waals surface area contributed by atoms with Gasteiger partial charge in [-0.2, -0.15) is 5.10 Å². The lowest BCUT2D eigenvalue weighted by atomic mass is 10.00. The summed E-state index contributed by atoms with van der Waals surface area (Å²) in [6, 6.07) is 7.67. The van der Waals surface area contributed by atoms with Gasteiger partial charge in [0.1, 0.15) is 0 Å². The molecule has 1 aliphatic rings. The zero-order chi connectivity index (χ0) is 16.8. The summed E-state index contributed by atoms with van der Waals surface area (Å²) in [6.45, 7) is 0. The van der Waals surface area contributed by atoms with E-state index in [1.54, 1.807) is 6.20 Å². The number of ether oxygens (including phenoxy) is 1. The van der Waals surface area contributed by atoms with Gasteiger partial charge in [-0.3, -0.25) is 10.2 Å². The molecule has 0 saturated heterocycles. The number of hydrogen-bond acceptors (Lipinski definition) is 6. The van der Waals surface area contributed by atoms with Gasteiger partial charge in [0.2, 0.25) is 0 Å². The molecule has 2 aromatic rings. The molecule has 0 radical (unpaired) electrons. The molecule has 0 bridgehead atoms. The third-order valence-corrected chi connectivity index (χ3v) is 3.60. The number of hydrazone groups is 1. The molecule has 1 aromatic carbocycles. The Morgan fingerprint density at radius 3 is 2.92 bits per heavy atom. The highest BCUT2D eigenvalue weighted by atomic mass is 16.5. The molecule has 1 N–H and O–H groups in total. The molecule has 0 atom stereocenters. The topological polar surface area (TPSA) is 76.7 Å². The van der Waals surface area contributed by atoms with Gasteiger partial charge in [0, 0.05) is 12.0 Å². The van der Waals surface area contributed by atoms with E-state index in [0.29, 0.717) is 12.2 Å². The Balaban J connectivity index is 1.69. The maximum atomic E-state index is 11.5. The second-order valence-corrected chi connectivity index (χ2v) is 5.19. The summed E-state index contributed by atoms with van der Waals surface area (Å²) in [5.41, 5.74) is 6.49. The fourth-order valence-corrected chi connectivity index (χ4v) is 2.30. The Bertz CT molecular complexity index is 787. The van der Waals surface area contributed by atoms with Gasteiger partial charge in [0.05, 0.1) is 31.1 Å². The van der Waals surface area contributed by atoms with E-state index in [1.807, 2.05) is 42.5 Å². The fraction of sp³-hybridized carbons (Fsp3) is 0.167. The van der Waals surface area contributed by atoms with E-state index in [-0.39, 0.29) is 12.4 Å². The van der Waals surface area contributed by atoms with Crippen molar-refractivity contribution >= 4 is 17.4 Å². The van der Waals surface area contributed by atoms with E-state index < -0.39 is 0 Å². The van der Waals surface area contributed by atoms with Crippen LogP contribution in [0.2, 0.25) is 0 Å². The van der Waals surface area contributed by atoms with Crippen LogP contribution in [0.5, 0.6) is 0 Å². The van der Waals surface area contributed by atoms with E-state index in [1.165, 1.54) is 13.5 Å². The molecule has 122 valence electrons. The average Bonchev–Trinajstić information content (AvgIpc) is 3.16. The number of allylic oxidation sites excluding steroid dienone is 3. The van der Waals surface area contributed by atoms with Crippen molar-refractivity contribution in [1.29, 1.82) is 0 Å². The van der Waals surface area contributed by atoms with Crippen LogP contribution in [0.4, 0.5) is 5.69 Å². The number of benzene rings is 1. The van der Waals surface area contributed by atoms with E-state index >= 15 is 0 Å². The van der Waals surface area contributed by atoms with Crippen LogP contribution in [0.3, 0.4) is 0 Å². The quantitative estimate of drug-likeness (QED) is 0.672. The summed E-state index contributed by atoms with van der Waals surface area (Å²) in [5.74, 6) is 0.439. The number of carbonyl (C=O) groups excluding carboxylic acids is 1. The fourth-order valence-electron chi connectivity index (χ4n) is 2.30. The minimum absolute atomic E-state index is 0.214. The van der Waals surface area contributed by atoms with E-state index in [9.17, 15) is 4.79 Å². The summed E-state index contributed by atoms with van der Waals surface area (Å²) in [6.07, 6.45) is 9.75. The van der Waals surface area contributed by atoms with Crippen LogP contribution in [0.25, 0.3) is 11.3 Å². The van der Waals surface area contributed by atoms with Crippen molar-refractivity contribution in [3.05, 3.63) is 60.7 Å². The molecular formula is C18H17N3O3. The molecule has 1 heterocycles. The van der Waals surface area contributed by atoms with Crippen LogP contribution in [0, 0.1) is 0 Å². The maximum absolute atomic E-state index is 11.5. The van der Waals surface area contributed by atoms with E-state index in [4.69, 9.17) is 9.15 Å². The number of carbonyl (C=O) groups is 1. The zero-order valence-corrected chi connectivity index (χ0v) is 13.2. The molecule has 0 saturated carbocycles. The highest BCUT2D eigenvalue weighted by Gasteiger charge is 2.13. The van der Waals surface area contributed by atoms with E-state index in [0.717, 1.165) is 22.5 Å². The van der Waals surface area contributed by atoms with Crippen molar-refractivity contribution in [2.75, 3.05) is 12.5 Å². The number of oxazole rings is 1. The maximum Gasteiger partial charge on any atom is 0.310 e. The van der Waals surface area contributed by atoms with Crippen LogP contribution in [-0.2, 0) is 9.53 Å². The number of methoxy groups -OCH3 is 1. The second kappa shape index (κ2) is 7.41. The summed E-state index contributed by atoms with van der Waals surface area (Å²) in [7, 11) is 1.38. The summed E-state index contributed by atoms with van der Waals surface area (Å²) in [5, 5.41) is 4.42. The monoisotopic (exact) mass is 323 g/mol. The van der Waals surface area contributed by atoms with Crippen LogP contribution < -0.4 is 5.43 Å². The predicted octanol–water partition coefficient (Wildman–Crippen LogP) is 3.56.